The van der Waals surface area contributed by atoms with Crippen LogP contribution in [-0.2, 0) is 6.54 Å². The SMILES string of the molecule is CCNC(=NCC1CCCS1)NCCn1cccn1.I. The van der Waals surface area contributed by atoms with E-state index in [0.29, 0.717) is 5.25 Å². The van der Waals surface area contributed by atoms with Crippen LogP contribution in [0.25, 0.3) is 0 Å². The number of guanidine groups is 1. The maximum atomic E-state index is 4.66. The Morgan fingerprint density at radius 2 is 2.40 bits per heavy atom. The summed E-state index contributed by atoms with van der Waals surface area (Å²) < 4.78 is 1.92. The van der Waals surface area contributed by atoms with E-state index in [1.807, 2.05) is 28.7 Å². The van der Waals surface area contributed by atoms with Gasteiger partial charge in [-0.2, -0.15) is 16.9 Å². The number of aromatic nitrogens is 2. The fraction of sp³-hybridized carbons (Fsp3) is 0.692. The summed E-state index contributed by atoms with van der Waals surface area (Å²) in [5.41, 5.74) is 0. The van der Waals surface area contributed by atoms with Gasteiger partial charge in [-0.25, -0.2) is 0 Å². The maximum absolute atomic E-state index is 4.66. The Morgan fingerprint density at radius 3 is 3.05 bits per heavy atom. The summed E-state index contributed by atoms with van der Waals surface area (Å²) in [7, 11) is 0. The fourth-order valence-electron chi connectivity index (χ4n) is 2.04. The highest BCUT2D eigenvalue weighted by molar-refractivity contribution is 14.0. The van der Waals surface area contributed by atoms with E-state index in [0.717, 1.165) is 32.1 Å². The molecule has 5 nitrogen and oxygen atoms in total. The molecule has 1 aliphatic heterocycles. The zero-order valence-electron chi connectivity index (χ0n) is 11.9. The van der Waals surface area contributed by atoms with Crippen LogP contribution in [0.2, 0.25) is 0 Å². The van der Waals surface area contributed by atoms with E-state index >= 15 is 0 Å². The van der Waals surface area contributed by atoms with Gasteiger partial charge in [-0.1, -0.05) is 0 Å². The average Bonchev–Trinajstić information content (AvgIpc) is 3.09. The monoisotopic (exact) mass is 409 g/mol. The largest absolute Gasteiger partial charge is 0.357 e. The van der Waals surface area contributed by atoms with Crippen molar-refractivity contribution in [1.82, 2.24) is 20.4 Å². The molecular weight excluding hydrogens is 385 g/mol. The first kappa shape index (κ1) is 17.6. The first-order valence-corrected chi connectivity index (χ1v) is 8.04. The van der Waals surface area contributed by atoms with Crippen molar-refractivity contribution < 1.29 is 0 Å². The van der Waals surface area contributed by atoms with Crippen LogP contribution in [-0.4, -0.2) is 46.4 Å². The van der Waals surface area contributed by atoms with Gasteiger partial charge in [-0.05, 0) is 31.6 Å². The molecule has 0 radical (unpaired) electrons. The predicted molar refractivity (Wildman–Crippen MR) is 97.1 cm³/mol. The van der Waals surface area contributed by atoms with Crippen molar-refractivity contribution in [2.45, 2.75) is 31.6 Å². The summed E-state index contributed by atoms with van der Waals surface area (Å²) in [4.78, 5) is 4.66. The molecule has 0 aliphatic carbocycles. The summed E-state index contributed by atoms with van der Waals surface area (Å²) in [6, 6.07) is 1.94. The number of thioether (sulfide) groups is 1. The molecule has 1 saturated heterocycles. The van der Waals surface area contributed by atoms with Gasteiger partial charge in [-0.15, -0.1) is 24.0 Å². The van der Waals surface area contributed by atoms with Gasteiger partial charge >= 0.3 is 0 Å². The lowest BCUT2D eigenvalue weighted by Gasteiger charge is -2.12. The molecule has 1 aromatic heterocycles. The minimum absolute atomic E-state index is 0. The number of halogens is 1. The molecule has 0 aromatic carbocycles. The molecule has 1 aliphatic rings. The van der Waals surface area contributed by atoms with Crippen molar-refractivity contribution in [2.24, 2.45) is 4.99 Å². The molecule has 2 N–H and O–H groups in total. The van der Waals surface area contributed by atoms with Gasteiger partial charge in [0.25, 0.3) is 0 Å². The topological polar surface area (TPSA) is 54.2 Å². The Balaban J connectivity index is 0.00000200. The Labute approximate surface area is 142 Å². The highest BCUT2D eigenvalue weighted by Crippen LogP contribution is 2.25. The van der Waals surface area contributed by atoms with Gasteiger partial charge < -0.3 is 10.6 Å². The van der Waals surface area contributed by atoms with E-state index in [1.54, 1.807) is 6.20 Å². The molecule has 114 valence electrons. The first-order valence-electron chi connectivity index (χ1n) is 6.99. The lowest BCUT2D eigenvalue weighted by atomic mass is 10.2. The van der Waals surface area contributed by atoms with Crippen LogP contribution >= 0.6 is 35.7 Å². The van der Waals surface area contributed by atoms with E-state index in [-0.39, 0.29) is 24.0 Å². The molecule has 0 bridgehead atoms. The van der Waals surface area contributed by atoms with Crippen molar-refractivity contribution >= 4 is 41.7 Å². The summed E-state index contributed by atoms with van der Waals surface area (Å²) >= 11 is 2.05. The number of nitrogens with one attached hydrogen (secondary N) is 2. The number of nitrogens with zero attached hydrogens (tertiary/aromatic N) is 3. The zero-order chi connectivity index (χ0) is 13.3. The molecule has 0 spiro atoms. The third-order valence-electron chi connectivity index (χ3n) is 3.01. The van der Waals surface area contributed by atoms with Gasteiger partial charge in [0.05, 0.1) is 13.1 Å². The van der Waals surface area contributed by atoms with Gasteiger partial charge in [0.2, 0.25) is 0 Å². The maximum Gasteiger partial charge on any atom is 0.191 e. The Hall–Kier alpha value is -0.440. The Morgan fingerprint density at radius 1 is 1.50 bits per heavy atom. The average molecular weight is 409 g/mol. The number of hydrogen-bond acceptors (Lipinski definition) is 3. The van der Waals surface area contributed by atoms with Gasteiger partial charge in [0.15, 0.2) is 5.96 Å². The lowest BCUT2D eigenvalue weighted by molar-refractivity contribution is 0.597. The molecular formula is C13H24IN5S. The summed E-state index contributed by atoms with van der Waals surface area (Å²) in [6.45, 7) is 5.60. The lowest BCUT2D eigenvalue weighted by Crippen LogP contribution is -2.39. The van der Waals surface area contributed by atoms with E-state index in [4.69, 9.17) is 0 Å². The molecule has 2 rings (SSSR count). The predicted octanol–water partition coefficient (Wildman–Crippen LogP) is 1.95. The molecule has 1 fully saturated rings. The van der Waals surface area contributed by atoms with Crippen molar-refractivity contribution in [3.63, 3.8) is 0 Å². The van der Waals surface area contributed by atoms with Crippen LogP contribution in [0.15, 0.2) is 23.5 Å². The second-order valence-corrected chi connectivity index (χ2v) is 5.96. The highest BCUT2D eigenvalue weighted by Gasteiger charge is 2.14. The fourth-order valence-corrected chi connectivity index (χ4v) is 3.22. The normalized spacial score (nSPS) is 18.6. The Bertz CT molecular complexity index is 376. The second-order valence-electron chi connectivity index (χ2n) is 4.55. The van der Waals surface area contributed by atoms with Crippen LogP contribution in [0.4, 0.5) is 0 Å². The van der Waals surface area contributed by atoms with Crippen molar-refractivity contribution in [3.8, 4) is 0 Å². The molecule has 1 unspecified atom stereocenters. The highest BCUT2D eigenvalue weighted by atomic mass is 127. The third kappa shape index (κ3) is 6.34. The smallest absolute Gasteiger partial charge is 0.191 e. The van der Waals surface area contributed by atoms with Gasteiger partial charge in [-0.3, -0.25) is 9.67 Å². The van der Waals surface area contributed by atoms with Gasteiger partial charge in [0.1, 0.15) is 0 Å². The third-order valence-corrected chi connectivity index (χ3v) is 4.39. The van der Waals surface area contributed by atoms with Crippen molar-refractivity contribution in [2.75, 3.05) is 25.4 Å². The summed E-state index contributed by atoms with van der Waals surface area (Å²) in [5, 5.41) is 11.5. The molecule has 0 amide bonds. The molecule has 2 heterocycles. The standard InChI is InChI=1S/C13H23N5S.HI/c1-2-14-13(16-11-12-5-3-10-19-12)15-7-9-18-8-4-6-17-18;/h4,6,8,12H,2-3,5,7,9-11H2,1H3,(H2,14,15,16);1H. The number of rotatable bonds is 6. The molecule has 1 atom stereocenters. The number of hydrogen-bond donors (Lipinski definition) is 2. The Kier molecular flexibility index (Phi) is 9.08. The van der Waals surface area contributed by atoms with E-state index in [9.17, 15) is 0 Å². The molecule has 1 aromatic rings. The minimum atomic E-state index is 0. The summed E-state index contributed by atoms with van der Waals surface area (Å²) in [6.07, 6.45) is 6.42. The van der Waals surface area contributed by atoms with Gasteiger partial charge in [0, 0.05) is 30.7 Å². The van der Waals surface area contributed by atoms with Crippen LogP contribution in [0, 0.1) is 0 Å². The van der Waals surface area contributed by atoms with Crippen LogP contribution in [0.1, 0.15) is 19.8 Å². The van der Waals surface area contributed by atoms with Crippen molar-refractivity contribution in [3.05, 3.63) is 18.5 Å². The zero-order valence-corrected chi connectivity index (χ0v) is 15.1. The minimum Gasteiger partial charge on any atom is -0.357 e. The van der Waals surface area contributed by atoms with E-state index < -0.39 is 0 Å². The van der Waals surface area contributed by atoms with E-state index in [2.05, 4.69) is 27.6 Å². The van der Waals surface area contributed by atoms with E-state index in [1.165, 1.54) is 18.6 Å². The molecule has 7 heteroatoms. The summed E-state index contributed by atoms with van der Waals surface area (Å²) in [5.74, 6) is 2.21. The molecule has 0 saturated carbocycles. The molecule has 20 heavy (non-hydrogen) atoms. The number of aliphatic imine (C=N–C) groups is 1. The second kappa shape index (κ2) is 10.3. The van der Waals surface area contributed by atoms with Crippen LogP contribution in [0.5, 0.6) is 0 Å². The van der Waals surface area contributed by atoms with Crippen molar-refractivity contribution in [1.29, 1.82) is 0 Å². The first-order chi connectivity index (χ1) is 9.38. The van der Waals surface area contributed by atoms with Crippen LogP contribution in [0.3, 0.4) is 0 Å². The van der Waals surface area contributed by atoms with Crippen LogP contribution < -0.4 is 10.6 Å². The quantitative estimate of drug-likeness (QED) is 0.429.